The van der Waals surface area contributed by atoms with Crippen molar-refractivity contribution in [2.75, 3.05) is 24.8 Å². The van der Waals surface area contributed by atoms with Gasteiger partial charge in [0.25, 0.3) is 5.56 Å². The number of methoxy groups -OCH3 is 1. The molecule has 1 atom stereocenters. The molecule has 4 aromatic rings. The fraction of sp³-hybridized carbons (Fsp3) is 0.261. The number of aromatic nitrogens is 5. The van der Waals surface area contributed by atoms with Crippen LogP contribution in [0.25, 0.3) is 10.9 Å². The highest BCUT2D eigenvalue weighted by atomic mass is 32.2. The number of thioether (sulfide) groups is 1. The number of aryl methyl sites for hydroxylation is 1. The van der Waals surface area contributed by atoms with E-state index in [9.17, 15) is 4.79 Å². The summed E-state index contributed by atoms with van der Waals surface area (Å²) in [7, 11) is 1.61. The number of anilines is 3. The Kier molecular flexibility index (Phi) is 6.85. The van der Waals surface area contributed by atoms with Crippen LogP contribution in [0.5, 0.6) is 0 Å². The van der Waals surface area contributed by atoms with Crippen LogP contribution in [-0.4, -0.2) is 38.2 Å². The predicted molar refractivity (Wildman–Crippen MR) is 131 cm³/mol. The summed E-state index contributed by atoms with van der Waals surface area (Å²) in [6.45, 7) is 4.31. The second-order valence-electron chi connectivity index (χ2n) is 7.55. The Labute approximate surface area is 195 Å². The summed E-state index contributed by atoms with van der Waals surface area (Å²) in [6, 6.07) is 15.0. The maximum Gasteiger partial charge on any atom is 0.262 e. The lowest BCUT2D eigenvalue weighted by molar-refractivity contribution is 0.156. The Morgan fingerprint density at radius 3 is 2.64 bits per heavy atom. The minimum atomic E-state index is -0.191. The SMILES string of the molecule is COC[C@@H](C)n1c(SCc2nc(N)nc(Nc3ccccc3C)n2)nc2ccccc2c1=O. The molecular weight excluding hydrogens is 438 g/mol. The van der Waals surface area contributed by atoms with Gasteiger partial charge in [-0.05, 0) is 37.6 Å². The quantitative estimate of drug-likeness (QED) is 0.297. The maximum atomic E-state index is 13.2. The summed E-state index contributed by atoms with van der Waals surface area (Å²) in [4.78, 5) is 30.9. The van der Waals surface area contributed by atoms with Gasteiger partial charge in [-0.1, -0.05) is 42.1 Å². The number of hydrogen-bond acceptors (Lipinski definition) is 9. The van der Waals surface area contributed by atoms with Gasteiger partial charge in [0.2, 0.25) is 11.9 Å². The van der Waals surface area contributed by atoms with Crippen LogP contribution in [-0.2, 0) is 10.5 Å². The van der Waals surface area contributed by atoms with Crippen LogP contribution in [0.15, 0.2) is 58.5 Å². The van der Waals surface area contributed by atoms with Crippen molar-refractivity contribution in [1.82, 2.24) is 24.5 Å². The first kappa shape index (κ1) is 22.7. The van der Waals surface area contributed by atoms with Crippen LogP contribution in [0.2, 0.25) is 0 Å². The van der Waals surface area contributed by atoms with Gasteiger partial charge in [0.15, 0.2) is 5.16 Å². The molecule has 0 radical (unpaired) electrons. The third-order valence-corrected chi connectivity index (χ3v) is 5.99. The standard InChI is InChI=1S/C23H25N7O2S/c1-14-8-4-6-10-17(14)25-22-28-19(27-21(24)29-22)13-33-23-26-18-11-7-5-9-16(18)20(31)30(23)15(2)12-32-3/h4-11,15H,12-13H2,1-3H3,(H3,24,25,27,28,29)/t15-/m1/s1. The van der Waals surface area contributed by atoms with Crippen molar-refractivity contribution in [1.29, 1.82) is 0 Å². The minimum Gasteiger partial charge on any atom is -0.383 e. The van der Waals surface area contributed by atoms with Crippen molar-refractivity contribution in [3.05, 3.63) is 70.3 Å². The van der Waals surface area contributed by atoms with Gasteiger partial charge in [-0.25, -0.2) is 4.98 Å². The molecule has 0 aliphatic rings. The largest absolute Gasteiger partial charge is 0.383 e. The summed E-state index contributed by atoms with van der Waals surface area (Å²) in [5.74, 6) is 1.33. The van der Waals surface area contributed by atoms with Gasteiger partial charge in [0.1, 0.15) is 5.82 Å². The lowest BCUT2D eigenvalue weighted by Crippen LogP contribution is -2.28. The number of fused-ring (bicyclic) bond motifs is 1. The highest BCUT2D eigenvalue weighted by molar-refractivity contribution is 7.98. The third-order valence-electron chi connectivity index (χ3n) is 5.05. The molecule has 0 fully saturated rings. The van der Waals surface area contributed by atoms with Crippen LogP contribution in [0.4, 0.5) is 17.6 Å². The smallest absolute Gasteiger partial charge is 0.262 e. The zero-order valence-corrected chi connectivity index (χ0v) is 19.5. The topological polar surface area (TPSA) is 121 Å². The Morgan fingerprint density at radius 2 is 1.85 bits per heavy atom. The maximum absolute atomic E-state index is 13.2. The van der Waals surface area contributed by atoms with Crippen molar-refractivity contribution in [3.63, 3.8) is 0 Å². The molecule has 0 amide bonds. The van der Waals surface area contributed by atoms with E-state index in [0.29, 0.717) is 40.2 Å². The van der Waals surface area contributed by atoms with Crippen molar-refractivity contribution >= 4 is 40.2 Å². The van der Waals surface area contributed by atoms with Crippen molar-refractivity contribution < 1.29 is 4.74 Å². The molecule has 3 N–H and O–H groups in total. The van der Waals surface area contributed by atoms with Crippen LogP contribution < -0.4 is 16.6 Å². The van der Waals surface area contributed by atoms with E-state index in [-0.39, 0.29) is 17.5 Å². The summed E-state index contributed by atoms with van der Waals surface area (Å²) in [6.07, 6.45) is 0. The second kappa shape index (κ2) is 9.97. The van der Waals surface area contributed by atoms with E-state index in [2.05, 4.69) is 20.3 Å². The van der Waals surface area contributed by atoms with Crippen molar-refractivity contribution in [3.8, 4) is 0 Å². The molecule has 33 heavy (non-hydrogen) atoms. The normalized spacial score (nSPS) is 12.1. The van der Waals surface area contributed by atoms with E-state index < -0.39 is 0 Å². The van der Waals surface area contributed by atoms with Gasteiger partial charge in [-0.3, -0.25) is 9.36 Å². The van der Waals surface area contributed by atoms with E-state index >= 15 is 0 Å². The molecule has 2 heterocycles. The molecular formula is C23H25N7O2S. The first-order valence-electron chi connectivity index (χ1n) is 10.4. The highest BCUT2D eigenvalue weighted by Gasteiger charge is 2.17. The molecule has 2 aromatic carbocycles. The molecule has 0 aliphatic heterocycles. The Balaban J connectivity index is 1.64. The summed E-state index contributed by atoms with van der Waals surface area (Å²) >= 11 is 1.37. The number of nitrogens with zero attached hydrogens (tertiary/aromatic N) is 5. The highest BCUT2D eigenvalue weighted by Crippen LogP contribution is 2.25. The van der Waals surface area contributed by atoms with Gasteiger partial charge >= 0.3 is 0 Å². The monoisotopic (exact) mass is 463 g/mol. The molecule has 2 aromatic heterocycles. The number of nitrogens with one attached hydrogen (secondary N) is 1. The van der Waals surface area contributed by atoms with Gasteiger partial charge in [0.05, 0.1) is 29.3 Å². The molecule has 0 saturated carbocycles. The van der Waals surface area contributed by atoms with Crippen LogP contribution in [0, 0.1) is 6.92 Å². The molecule has 0 aliphatic carbocycles. The zero-order valence-electron chi connectivity index (χ0n) is 18.6. The molecule has 0 bridgehead atoms. The van der Waals surface area contributed by atoms with Gasteiger partial charge < -0.3 is 15.8 Å². The number of benzene rings is 2. The number of hydrogen-bond donors (Lipinski definition) is 2. The fourth-order valence-electron chi connectivity index (χ4n) is 3.45. The summed E-state index contributed by atoms with van der Waals surface area (Å²) in [5, 5.41) is 4.33. The van der Waals surface area contributed by atoms with E-state index in [0.717, 1.165) is 11.3 Å². The Bertz CT molecular complexity index is 1340. The zero-order chi connectivity index (χ0) is 23.4. The molecule has 4 rings (SSSR count). The van der Waals surface area contributed by atoms with Crippen LogP contribution >= 0.6 is 11.8 Å². The van der Waals surface area contributed by atoms with Crippen LogP contribution in [0.1, 0.15) is 24.4 Å². The van der Waals surface area contributed by atoms with Gasteiger partial charge in [-0.15, -0.1) is 0 Å². The molecule has 170 valence electrons. The number of para-hydroxylation sites is 2. The van der Waals surface area contributed by atoms with Gasteiger partial charge in [-0.2, -0.15) is 15.0 Å². The average Bonchev–Trinajstić information content (AvgIpc) is 2.79. The predicted octanol–water partition coefficient (Wildman–Crippen LogP) is 3.72. The molecule has 0 saturated heterocycles. The first-order valence-corrected chi connectivity index (χ1v) is 11.4. The molecule has 0 unspecified atom stereocenters. The van der Waals surface area contributed by atoms with Crippen molar-refractivity contribution in [2.45, 2.75) is 30.8 Å². The lowest BCUT2D eigenvalue weighted by atomic mass is 10.2. The molecule has 0 spiro atoms. The average molecular weight is 464 g/mol. The molecule has 9 nitrogen and oxygen atoms in total. The number of nitrogens with two attached hydrogens (primary N) is 1. The van der Waals surface area contributed by atoms with E-state index in [1.165, 1.54) is 11.8 Å². The Morgan fingerprint density at radius 1 is 1.09 bits per heavy atom. The summed E-state index contributed by atoms with van der Waals surface area (Å²) < 4.78 is 6.95. The second-order valence-corrected chi connectivity index (χ2v) is 8.50. The Hall–Kier alpha value is -3.50. The fourth-order valence-corrected chi connectivity index (χ4v) is 4.41. The number of nitrogen functional groups attached to an aromatic ring is 1. The van der Waals surface area contributed by atoms with E-state index in [4.69, 9.17) is 15.5 Å². The van der Waals surface area contributed by atoms with Crippen molar-refractivity contribution in [2.24, 2.45) is 0 Å². The first-order chi connectivity index (χ1) is 16.0. The lowest BCUT2D eigenvalue weighted by Gasteiger charge is -2.18. The third kappa shape index (κ3) is 5.12. The van der Waals surface area contributed by atoms with Gasteiger partial charge in [0, 0.05) is 12.8 Å². The van der Waals surface area contributed by atoms with Crippen LogP contribution in [0.3, 0.4) is 0 Å². The minimum absolute atomic E-state index is 0.107. The number of rotatable bonds is 8. The van der Waals surface area contributed by atoms with E-state index in [1.54, 1.807) is 17.7 Å². The van der Waals surface area contributed by atoms with E-state index in [1.807, 2.05) is 56.3 Å². The summed E-state index contributed by atoms with van der Waals surface area (Å²) in [5.41, 5.74) is 8.42. The molecule has 10 heteroatoms. The number of ether oxygens (including phenoxy) is 1.